The smallest absolute Gasteiger partial charge is 0.262 e. The topological polar surface area (TPSA) is 34.9 Å². The fraction of sp³-hybridized carbons (Fsp3) is 0.600. The lowest BCUT2D eigenvalue weighted by molar-refractivity contribution is 0.602. The highest BCUT2D eigenvalue weighted by atomic mass is 32.1. The first-order valence-corrected chi connectivity index (χ1v) is 8.07. The summed E-state index contributed by atoms with van der Waals surface area (Å²) in [5.74, 6) is 0.708. The van der Waals surface area contributed by atoms with Crippen LogP contribution < -0.4 is 5.56 Å². The number of hydrogen-bond acceptors (Lipinski definition) is 3. The van der Waals surface area contributed by atoms with Crippen LogP contribution in [-0.4, -0.2) is 9.55 Å². The van der Waals surface area contributed by atoms with Crippen LogP contribution in [0, 0.1) is 5.92 Å². The summed E-state index contributed by atoms with van der Waals surface area (Å²) in [6.07, 6.45) is 9.03. The lowest BCUT2D eigenvalue weighted by Gasteiger charge is -2.02. The molecule has 0 unspecified atom stereocenters. The van der Waals surface area contributed by atoms with Crippen LogP contribution in [0.2, 0.25) is 0 Å². The average Bonchev–Trinajstić information content (AvgIpc) is 3.12. The van der Waals surface area contributed by atoms with Crippen molar-refractivity contribution in [3.8, 4) is 0 Å². The highest BCUT2D eigenvalue weighted by Gasteiger charge is 2.22. The Balaban J connectivity index is 1.84. The highest BCUT2D eigenvalue weighted by Crippen LogP contribution is 2.30. The van der Waals surface area contributed by atoms with E-state index in [2.05, 4.69) is 18.0 Å². The molecule has 4 heteroatoms. The zero-order valence-corrected chi connectivity index (χ0v) is 12.2. The van der Waals surface area contributed by atoms with Gasteiger partial charge in [0, 0.05) is 11.4 Å². The molecule has 0 aliphatic heterocycles. The minimum atomic E-state index is 0.148. The van der Waals surface area contributed by atoms with E-state index < -0.39 is 0 Å². The van der Waals surface area contributed by atoms with Crippen molar-refractivity contribution >= 4 is 21.6 Å². The van der Waals surface area contributed by atoms with Crippen molar-refractivity contribution in [2.75, 3.05) is 0 Å². The van der Waals surface area contributed by atoms with Crippen LogP contribution in [0.15, 0.2) is 17.2 Å². The molecular formula is C15H20N2OS. The number of hydrogen-bond donors (Lipinski definition) is 0. The number of thiophene rings is 1. The van der Waals surface area contributed by atoms with Gasteiger partial charge >= 0.3 is 0 Å². The molecule has 0 aromatic carbocycles. The van der Waals surface area contributed by atoms with E-state index in [4.69, 9.17) is 0 Å². The van der Waals surface area contributed by atoms with Gasteiger partial charge in [0.2, 0.25) is 0 Å². The monoisotopic (exact) mass is 276 g/mol. The van der Waals surface area contributed by atoms with Crippen LogP contribution in [0.1, 0.15) is 43.9 Å². The number of nitrogens with zero attached hydrogens (tertiary/aromatic N) is 2. The van der Waals surface area contributed by atoms with E-state index >= 15 is 0 Å². The summed E-state index contributed by atoms with van der Waals surface area (Å²) in [4.78, 5) is 19.0. The quantitative estimate of drug-likeness (QED) is 0.756. The maximum Gasteiger partial charge on any atom is 0.262 e. The van der Waals surface area contributed by atoms with Crippen LogP contribution in [0.5, 0.6) is 0 Å². The molecule has 3 nitrogen and oxygen atoms in total. The molecule has 2 aromatic rings. The summed E-state index contributed by atoms with van der Waals surface area (Å²) in [6.45, 7) is 3.06. The lowest BCUT2D eigenvalue weighted by atomic mass is 10.2. The third-order valence-electron chi connectivity index (χ3n) is 3.75. The van der Waals surface area contributed by atoms with Crippen LogP contribution in [0.4, 0.5) is 0 Å². The van der Waals surface area contributed by atoms with E-state index in [0.29, 0.717) is 5.92 Å². The van der Waals surface area contributed by atoms with E-state index in [9.17, 15) is 4.79 Å². The SMILES string of the molecule is CCCCCc1cc2c(=O)n(CC3CC3)cnc2s1. The molecule has 19 heavy (non-hydrogen) atoms. The Kier molecular flexibility index (Phi) is 3.69. The van der Waals surface area contributed by atoms with Crippen LogP contribution in [-0.2, 0) is 13.0 Å². The third-order valence-corrected chi connectivity index (χ3v) is 4.85. The standard InChI is InChI=1S/C15H20N2OS/c1-2-3-4-5-12-8-13-14(19-12)16-10-17(15(13)18)9-11-6-7-11/h8,10-11H,2-7,9H2,1H3. The highest BCUT2D eigenvalue weighted by molar-refractivity contribution is 7.18. The molecule has 102 valence electrons. The maximum absolute atomic E-state index is 12.4. The fourth-order valence-corrected chi connectivity index (χ4v) is 3.42. The van der Waals surface area contributed by atoms with Gasteiger partial charge < -0.3 is 0 Å². The number of rotatable bonds is 6. The molecule has 2 aromatic heterocycles. The number of aromatic nitrogens is 2. The first kappa shape index (κ1) is 12.9. The van der Waals surface area contributed by atoms with Crippen LogP contribution >= 0.6 is 11.3 Å². The largest absolute Gasteiger partial charge is 0.298 e. The average molecular weight is 276 g/mol. The van der Waals surface area contributed by atoms with Gasteiger partial charge in [-0.1, -0.05) is 19.8 Å². The van der Waals surface area contributed by atoms with E-state index in [0.717, 1.165) is 23.2 Å². The van der Waals surface area contributed by atoms with Gasteiger partial charge in [-0.15, -0.1) is 11.3 Å². The van der Waals surface area contributed by atoms with Crippen molar-refractivity contribution in [2.24, 2.45) is 5.92 Å². The number of unbranched alkanes of at least 4 members (excludes halogenated alkanes) is 2. The van der Waals surface area contributed by atoms with Gasteiger partial charge in [-0.05, 0) is 37.7 Å². The number of fused-ring (bicyclic) bond motifs is 1. The Bertz CT molecular complexity index is 625. The molecule has 0 radical (unpaired) electrons. The van der Waals surface area contributed by atoms with Gasteiger partial charge in [-0.2, -0.15) is 0 Å². The molecule has 1 fully saturated rings. The molecular weight excluding hydrogens is 256 g/mol. The third kappa shape index (κ3) is 2.89. The van der Waals surface area contributed by atoms with Gasteiger partial charge in [0.25, 0.3) is 5.56 Å². The second kappa shape index (κ2) is 5.45. The zero-order valence-electron chi connectivity index (χ0n) is 11.4. The van der Waals surface area contributed by atoms with Crippen molar-refractivity contribution in [2.45, 2.75) is 52.0 Å². The lowest BCUT2D eigenvalue weighted by Crippen LogP contribution is -2.20. The summed E-state index contributed by atoms with van der Waals surface area (Å²) in [5, 5.41) is 0.819. The Hall–Kier alpha value is -1.16. The molecule has 0 atom stereocenters. The second-order valence-electron chi connectivity index (χ2n) is 5.53. The molecule has 1 aliphatic carbocycles. The van der Waals surface area contributed by atoms with E-state index in [1.165, 1.54) is 37.0 Å². The number of aryl methyl sites for hydroxylation is 1. The Labute approximate surface area is 117 Å². The van der Waals surface area contributed by atoms with Gasteiger partial charge in [0.1, 0.15) is 4.83 Å². The minimum Gasteiger partial charge on any atom is -0.298 e. The summed E-state index contributed by atoms with van der Waals surface area (Å²) in [6, 6.07) is 2.06. The summed E-state index contributed by atoms with van der Waals surface area (Å²) >= 11 is 1.68. The zero-order chi connectivity index (χ0) is 13.2. The first-order valence-electron chi connectivity index (χ1n) is 7.25. The predicted octanol–water partition coefficient (Wildman–Crippen LogP) is 3.60. The molecule has 2 heterocycles. The second-order valence-corrected chi connectivity index (χ2v) is 6.65. The maximum atomic E-state index is 12.4. The van der Waals surface area contributed by atoms with Crippen molar-refractivity contribution in [3.05, 3.63) is 27.6 Å². The normalized spacial score (nSPS) is 15.2. The Morgan fingerprint density at radius 1 is 1.42 bits per heavy atom. The van der Waals surface area contributed by atoms with Gasteiger partial charge in [0.05, 0.1) is 11.7 Å². The first-order chi connectivity index (χ1) is 9.28. The molecule has 0 spiro atoms. The summed E-state index contributed by atoms with van der Waals surface area (Å²) in [7, 11) is 0. The van der Waals surface area contributed by atoms with Crippen molar-refractivity contribution < 1.29 is 0 Å². The summed E-state index contributed by atoms with van der Waals surface area (Å²) < 4.78 is 1.79. The molecule has 0 saturated heterocycles. The molecule has 0 amide bonds. The van der Waals surface area contributed by atoms with Crippen molar-refractivity contribution in [1.29, 1.82) is 0 Å². The van der Waals surface area contributed by atoms with Gasteiger partial charge in [0.15, 0.2) is 0 Å². The van der Waals surface area contributed by atoms with Gasteiger partial charge in [-0.25, -0.2) is 4.98 Å². The van der Waals surface area contributed by atoms with Crippen LogP contribution in [0.25, 0.3) is 10.2 Å². The molecule has 1 saturated carbocycles. The van der Waals surface area contributed by atoms with E-state index in [1.54, 1.807) is 22.2 Å². The molecule has 0 bridgehead atoms. The fourth-order valence-electron chi connectivity index (χ4n) is 2.39. The van der Waals surface area contributed by atoms with Crippen molar-refractivity contribution in [1.82, 2.24) is 9.55 Å². The molecule has 1 aliphatic rings. The van der Waals surface area contributed by atoms with E-state index in [-0.39, 0.29) is 5.56 Å². The van der Waals surface area contributed by atoms with E-state index in [1.807, 2.05) is 0 Å². The Morgan fingerprint density at radius 2 is 2.26 bits per heavy atom. The van der Waals surface area contributed by atoms with Crippen LogP contribution in [0.3, 0.4) is 0 Å². The van der Waals surface area contributed by atoms with Crippen molar-refractivity contribution in [3.63, 3.8) is 0 Å². The predicted molar refractivity (Wildman–Crippen MR) is 79.8 cm³/mol. The van der Waals surface area contributed by atoms with Gasteiger partial charge in [-0.3, -0.25) is 9.36 Å². The summed E-state index contributed by atoms with van der Waals surface area (Å²) in [5.41, 5.74) is 0.148. The molecule has 0 N–H and O–H groups in total. The minimum absolute atomic E-state index is 0.148. The molecule has 3 rings (SSSR count). The Morgan fingerprint density at radius 3 is 3.00 bits per heavy atom.